The number of unbranched alkanes of at least 4 members (excludes halogenated alkanes) is 1. The fraction of sp³-hybridized carbons (Fsp3) is 0.500. The second-order valence-corrected chi connectivity index (χ2v) is 6.17. The van der Waals surface area contributed by atoms with Crippen molar-refractivity contribution in [2.45, 2.75) is 25.9 Å². The predicted molar refractivity (Wildman–Crippen MR) is 83.7 cm³/mol. The van der Waals surface area contributed by atoms with Crippen LogP contribution in [0.5, 0.6) is 0 Å². The fourth-order valence-corrected chi connectivity index (χ4v) is 2.72. The van der Waals surface area contributed by atoms with Gasteiger partial charge in [0.15, 0.2) is 0 Å². The molecule has 0 saturated carbocycles. The van der Waals surface area contributed by atoms with Crippen molar-refractivity contribution < 1.29 is 18.0 Å². The predicted octanol–water partition coefficient (Wildman–Crippen LogP) is 5.11. The van der Waals surface area contributed by atoms with Gasteiger partial charge in [-0.3, -0.25) is 4.79 Å². The molecule has 0 heterocycles. The van der Waals surface area contributed by atoms with Gasteiger partial charge in [0.05, 0.1) is 5.56 Å². The Bertz CT molecular complexity index is 492. The zero-order valence-corrected chi connectivity index (χ0v) is 14.7. The van der Waals surface area contributed by atoms with Crippen LogP contribution >= 0.6 is 31.9 Å². The molecule has 0 saturated heterocycles. The third-order valence-corrected chi connectivity index (χ3v) is 3.99. The lowest BCUT2D eigenvalue weighted by Crippen LogP contribution is -2.33. The summed E-state index contributed by atoms with van der Waals surface area (Å²) in [5.74, 6) is -0.374. The molecule has 118 valence electrons. The molecule has 0 spiro atoms. The normalized spacial score (nSPS) is 11.5. The summed E-state index contributed by atoms with van der Waals surface area (Å²) < 4.78 is 38.6. The Morgan fingerprint density at radius 3 is 2.48 bits per heavy atom. The van der Waals surface area contributed by atoms with Gasteiger partial charge in [0.25, 0.3) is 5.91 Å². The Morgan fingerprint density at radius 1 is 1.29 bits per heavy atom. The van der Waals surface area contributed by atoms with Crippen LogP contribution in [0.3, 0.4) is 0 Å². The van der Waals surface area contributed by atoms with Gasteiger partial charge >= 0.3 is 6.18 Å². The monoisotopic (exact) mass is 429 g/mol. The summed E-state index contributed by atoms with van der Waals surface area (Å²) in [5.41, 5.74) is -0.773. The van der Waals surface area contributed by atoms with E-state index in [1.54, 1.807) is 4.90 Å². The molecule has 2 nitrogen and oxygen atoms in total. The van der Waals surface area contributed by atoms with E-state index in [0.29, 0.717) is 18.4 Å². The summed E-state index contributed by atoms with van der Waals surface area (Å²) >= 11 is 6.13. The van der Waals surface area contributed by atoms with Crippen LogP contribution in [0.25, 0.3) is 0 Å². The number of benzene rings is 1. The maximum atomic E-state index is 12.9. The maximum Gasteiger partial charge on any atom is 0.417 e. The van der Waals surface area contributed by atoms with Crippen molar-refractivity contribution in [3.8, 4) is 0 Å². The molecular formula is C14H16Br2F3NO. The molecule has 0 aliphatic rings. The molecule has 0 N–H and O–H groups in total. The molecule has 0 unspecified atom stereocenters. The number of nitrogens with zero attached hydrogens (tertiary/aromatic N) is 1. The third-order valence-electron chi connectivity index (χ3n) is 2.94. The Hall–Kier alpha value is -0.560. The van der Waals surface area contributed by atoms with Gasteiger partial charge in [-0.2, -0.15) is 13.2 Å². The number of hydrogen-bond acceptors (Lipinski definition) is 1. The van der Waals surface area contributed by atoms with Crippen LogP contribution in [0.2, 0.25) is 0 Å². The highest BCUT2D eigenvalue weighted by molar-refractivity contribution is 9.10. The highest BCUT2D eigenvalue weighted by Crippen LogP contribution is 2.35. The molecule has 1 aromatic rings. The van der Waals surface area contributed by atoms with Crippen molar-refractivity contribution in [3.05, 3.63) is 33.8 Å². The first kappa shape index (κ1) is 18.5. The molecule has 0 atom stereocenters. The zero-order valence-electron chi connectivity index (χ0n) is 11.5. The second-order valence-electron chi connectivity index (χ2n) is 4.53. The van der Waals surface area contributed by atoms with Crippen LogP contribution in [-0.4, -0.2) is 29.2 Å². The van der Waals surface area contributed by atoms with Crippen LogP contribution < -0.4 is 0 Å². The lowest BCUT2D eigenvalue weighted by atomic mass is 10.1. The number of carbonyl (C=O) groups excluding carboxylic acids is 1. The van der Waals surface area contributed by atoms with E-state index in [-0.39, 0.29) is 15.9 Å². The molecule has 7 heteroatoms. The SMILES string of the molecule is CCCCN(CCBr)C(=O)c1ccc(Br)c(C(F)(F)F)c1. The largest absolute Gasteiger partial charge is 0.417 e. The molecule has 1 aromatic carbocycles. The van der Waals surface area contributed by atoms with Gasteiger partial charge in [-0.05, 0) is 24.6 Å². The average Bonchev–Trinajstić information content (AvgIpc) is 2.42. The molecule has 1 rings (SSSR count). The number of amides is 1. The van der Waals surface area contributed by atoms with E-state index in [2.05, 4.69) is 31.9 Å². The van der Waals surface area contributed by atoms with Crippen molar-refractivity contribution in [1.82, 2.24) is 4.90 Å². The minimum Gasteiger partial charge on any atom is -0.338 e. The van der Waals surface area contributed by atoms with Crippen molar-refractivity contribution in [2.75, 3.05) is 18.4 Å². The van der Waals surface area contributed by atoms with Gasteiger partial charge < -0.3 is 4.90 Å². The van der Waals surface area contributed by atoms with Crippen LogP contribution in [0.4, 0.5) is 13.2 Å². The summed E-state index contributed by atoms with van der Waals surface area (Å²) in [6.45, 7) is 3.01. The van der Waals surface area contributed by atoms with Crippen LogP contribution in [0.15, 0.2) is 22.7 Å². The first-order chi connectivity index (χ1) is 9.81. The second kappa shape index (κ2) is 8.17. The average molecular weight is 431 g/mol. The Kier molecular flexibility index (Phi) is 7.20. The molecule has 1 amide bonds. The van der Waals surface area contributed by atoms with Crippen LogP contribution in [-0.2, 0) is 6.18 Å². The molecular weight excluding hydrogens is 415 g/mol. The minimum atomic E-state index is -4.49. The zero-order chi connectivity index (χ0) is 16.0. The smallest absolute Gasteiger partial charge is 0.338 e. The van der Waals surface area contributed by atoms with Crippen LogP contribution in [0.1, 0.15) is 35.7 Å². The quantitative estimate of drug-likeness (QED) is 0.574. The lowest BCUT2D eigenvalue weighted by Gasteiger charge is -2.22. The standard InChI is InChI=1S/C14H16Br2F3NO/c1-2-3-7-20(8-6-15)13(21)10-4-5-12(16)11(9-10)14(17,18)19/h4-5,9H,2-3,6-8H2,1H3. The van der Waals surface area contributed by atoms with Gasteiger partial charge in [-0.25, -0.2) is 0 Å². The summed E-state index contributed by atoms with van der Waals surface area (Å²) in [7, 11) is 0. The van der Waals surface area contributed by atoms with E-state index in [9.17, 15) is 18.0 Å². The number of alkyl halides is 4. The van der Waals surface area contributed by atoms with E-state index >= 15 is 0 Å². The van der Waals surface area contributed by atoms with Gasteiger partial charge in [-0.15, -0.1) is 0 Å². The molecule has 21 heavy (non-hydrogen) atoms. The topological polar surface area (TPSA) is 20.3 Å². The van der Waals surface area contributed by atoms with Crippen molar-refractivity contribution in [2.24, 2.45) is 0 Å². The van der Waals surface area contributed by atoms with Crippen molar-refractivity contribution in [3.63, 3.8) is 0 Å². The lowest BCUT2D eigenvalue weighted by molar-refractivity contribution is -0.138. The number of halogens is 5. The molecule has 0 aliphatic carbocycles. The van der Waals surface area contributed by atoms with Crippen LogP contribution in [0, 0.1) is 0 Å². The van der Waals surface area contributed by atoms with Gasteiger partial charge in [0.1, 0.15) is 0 Å². The highest BCUT2D eigenvalue weighted by atomic mass is 79.9. The molecule has 0 radical (unpaired) electrons. The van der Waals surface area contributed by atoms with E-state index in [1.807, 2.05) is 6.92 Å². The maximum absolute atomic E-state index is 12.9. The third kappa shape index (κ3) is 5.29. The first-order valence-corrected chi connectivity index (χ1v) is 8.44. The Balaban J connectivity index is 3.05. The minimum absolute atomic E-state index is 0.0579. The fourth-order valence-electron chi connectivity index (χ4n) is 1.82. The summed E-state index contributed by atoms with van der Waals surface area (Å²) in [4.78, 5) is 13.9. The summed E-state index contributed by atoms with van der Waals surface area (Å²) in [6, 6.07) is 3.58. The Labute approximate surface area is 139 Å². The summed E-state index contributed by atoms with van der Waals surface area (Å²) in [6.07, 6.45) is -2.75. The molecule has 0 bridgehead atoms. The number of carbonyl (C=O) groups is 1. The summed E-state index contributed by atoms with van der Waals surface area (Å²) in [5, 5.41) is 0.588. The molecule has 0 aliphatic heterocycles. The number of hydrogen-bond donors (Lipinski definition) is 0. The molecule has 0 fully saturated rings. The van der Waals surface area contributed by atoms with Gasteiger partial charge in [-0.1, -0.05) is 45.2 Å². The highest BCUT2D eigenvalue weighted by Gasteiger charge is 2.34. The van der Waals surface area contributed by atoms with E-state index in [0.717, 1.165) is 18.9 Å². The number of rotatable bonds is 6. The van der Waals surface area contributed by atoms with Gasteiger partial charge in [0.2, 0.25) is 0 Å². The molecule has 0 aromatic heterocycles. The first-order valence-electron chi connectivity index (χ1n) is 6.53. The Morgan fingerprint density at radius 2 is 1.95 bits per heavy atom. The van der Waals surface area contributed by atoms with E-state index < -0.39 is 11.7 Å². The van der Waals surface area contributed by atoms with E-state index in [1.165, 1.54) is 12.1 Å². The van der Waals surface area contributed by atoms with Crippen molar-refractivity contribution >= 4 is 37.8 Å². The van der Waals surface area contributed by atoms with Gasteiger partial charge in [0, 0.05) is 28.5 Å². The van der Waals surface area contributed by atoms with E-state index in [4.69, 9.17) is 0 Å². The van der Waals surface area contributed by atoms with Crippen molar-refractivity contribution in [1.29, 1.82) is 0 Å².